The molecule has 7 atom stereocenters. The molecule has 14 nitrogen and oxygen atoms in total. The number of fused-ring (bicyclic) bond motifs is 4. The number of carbonyl (C=O) groups excluding carboxylic acids is 4. The number of nitrogens with one attached hydrogen (secondary N) is 3. The maximum absolute atomic E-state index is 15.0. The van der Waals surface area contributed by atoms with Crippen LogP contribution in [0.25, 0.3) is 10.9 Å². The molecule has 15 heteroatoms. The molecule has 314 valence electrons. The molecule has 3 aliphatic carbocycles. The van der Waals surface area contributed by atoms with Crippen LogP contribution >= 0.6 is 0 Å². The van der Waals surface area contributed by atoms with Crippen LogP contribution in [0.3, 0.4) is 0 Å². The Kier molecular flexibility index (Phi) is 10.0. The first-order valence-corrected chi connectivity index (χ1v) is 22.4. The molecular weight excluding hydrogens is 763 g/mol. The second-order valence-electron chi connectivity index (χ2n) is 18.9. The Bertz CT molecular complexity index is 2170. The van der Waals surface area contributed by atoms with Gasteiger partial charge in [0.15, 0.2) is 0 Å². The number of hydrogen-bond acceptors (Lipinski definition) is 10. The van der Waals surface area contributed by atoms with E-state index in [1.165, 1.54) is 4.90 Å². The van der Waals surface area contributed by atoms with Crippen molar-refractivity contribution in [2.75, 3.05) is 13.7 Å². The lowest BCUT2D eigenvalue weighted by Gasteiger charge is -2.47. The third-order valence-corrected chi connectivity index (χ3v) is 15.9. The summed E-state index contributed by atoms with van der Waals surface area (Å²) < 4.78 is 46.3. The van der Waals surface area contributed by atoms with Gasteiger partial charge in [0.1, 0.15) is 40.8 Å². The number of alkyl carbamates (subject to hydrolysis) is 1. The zero-order valence-corrected chi connectivity index (χ0v) is 35.1. The van der Waals surface area contributed by atoms with Crippen molar-refractivity contribution in [1.82, 2.24) is 25.2 Å². The van der Waals surface area contributed by atoms with Crippen molar-refractivity contribution in [3.63, 3.8) is 0 Å². The van der Waals surface area contributed by atoms with Crippen LogP contribution < -0.4 is 24.8 Å². The number of hydrogen-bond donors (Lipinski definition) is 3. The molecule has 4 heterocycles. The van der Waals surface area contributed by atoms with Crippen LogP contribution in [0, 0.1) is 17.3 Å². The van der Waals surface area contributed by atoms with Crippen molar-refractivity contribution in [3.8, 4) is 11.5 Å². The van der Waals surface area contributed by atoms with Gasteiger partial charge in [0, 0.05) is 23.3 Å². The molecule has 1 saturated heterocycles. The van der Waals surface area contributed by atoms with E-state index in [4.69, 9.17) is 19.2 Å². The molecule has 4 amide bonds. The van der Waals surface area contributed by atoms with Crippen LogP contribution in [0.1, 0.15) is 110 Å². The number of sulfonamides is 1. The SMILES string of the molecule is C=C[C@@H]1CC[C@]1(NC(=O)[C@@H]1C[C@]23CCc4c(c(nc5ccc(OC)cc45)CCCCC[C@@H]4C[C@H]4OC(=O)N[C@@H](C(C)(C)C)C(=O)N1C2)O3)C(=O)NS(=O)(=O)C1(C)CC1. The summed E-state index contributed by atoms with van der Waals surface area (Å²) in [5, 5.41) is 6.74. The Balaban J connectivity index is 1.18. The predicted octanol–water partition coefficient (Wildman–Crippen LogP) is 5.00. The van der Waals surface area contributed by atoms with Crippen molar-refractivity contribution < 1.29 is 41.8 Å². The van der Waals surface area contributed by atoms with Gasteiger partial charge < -0.3 is 29.7 Å². The molecule has 58 heavy (non-hydrogen) atoms. The van der Waals surface area contributed by atoms with Crippen LogP contribution in [0.5, 0.6) is 11.5 Å². The lowest BCUT2D eigenvalue weighted by atomic mass is 9.66. The standard InChI is InChI=1S/C43H57N5O9S/c1-7-26-15-18-43(26,38(51)47-58(53,54)41(5)19-20-41)46-36(49)32-23-42-17-16-28-29-22-27(55-6)13-14-30(29)44-31(34(28)57-42)12-10-8-9-11-25-21-33(25)56-39(52)45-35(40(2,3)4)37(50)48(32)24-42/h7,13-14,22,25-26,32-33,35H,1,8-12,15-21,23-24H2,2-6H3,(H,45,52)(H,46,49)(H,47,51)/t25-,26-,32+,33-,35-,42-,43-/m1/s1. The van der Waals surface area contributed by atoms with E-state index in [2.05, 4.69) is 21.9 Å². The maximum atomic E-state index is 15.0. The van der Waals surface area contributed by atoms with Crippen molar-refractivity contribution >= 4 is 44.7 Å². The van der Waals surface area contributed by atoms with E-state index in [0.29, 0.717) is 50.0 Å². The molecule has 0 radical (unpaired) electrons. The van der Waals surface area contributed by atoms with Gasteiger partial charge in [-0.1, -0.05) is 39.7 Å². The molecule has 4 fully saturated rings. The lowest BCUT2D eigenvalue weighted by Crippen LogP contribution is -2.70. The Hall–Kier alpha value is -4.40. The summed E-state index contributed by atoms with van der Waals surface area (Å²) in [4.78, 5) is 63.9. The molecule has 3 saturated carbocycles. The zero-order valence-electron chi connectivity index (χ0n) is 34.3. The van der Waals surface area contributed by atoms with Crippen molar-refractivity contribution in [2.24, 2.45) is 17.3 Å². The maximum Gasteiger partial charge on any atom is 0.408 e. The number of benzene rings is 1. The van der Waals surface area contributed by atoms with E-state index in [9.17, 15) is 27.6 Å². The molecule has 0 unspecified atom stereocenters. The highest BCUT2D eigenvalue weighted by atomic mass is 32.2. The lowest BCUT2D eigenvalue weighted by molar-refractivity contribution is -0.145. The fourth-order valence-electron chi connectivity index (χ4n) is 9.45. The number of nitrogens with zero attached hydrogens (tertiary/aromatic N) is 2. The molecule has 1 spiro atoms. The molecule has 6 aliphatic rings. The highest BCUT2D eigenvalue weighted by molar-refractivity contribution is 7.91. The summed E-state index contributed by atoms with van der Waals surface area (Å²) in [6, 6.07) is 3.63. The number of carbonyl (C=O) groups is 4. The predicted molar refractivity (Wildman–Crippen MR) is 216 cm³/mol. The highest BCUT2D eigenvalue weighted by Crippen LogP contribution is 2.48. The number of aryl methyl sites for hydroxylation is 2. The summed E-state index contributed by atoms with van der Waals surface area (Å²) >= 11 is 0. The second kappa shape index (κ2) is 14.4. The first-order chi connectivity index (χ1) is 27.4. The highest BCUT2D eigenvalue weighted by Gasteiger charge is 2.60. The van der Waals surface area contributed by atoms with E-state index in [1.807, 2.05) is 39.0 Å². The second-order valence-corrected chi connectivity index (χ2v) is 21.1. The number of aromatic nitrogens is 1. The number of amides is 4. The summed E-state index contributed by atoms with van der Waals surface area (Å²) in [5.74, 6) is -0.820. The van der Waals surface area contributed by atoms with Crippen molar-refractivity contribution in [3.05, 3.63) is 42.1 Å². The molecular formula is C43H57N5O9S. The Morgan fingerprint density at radius 3 is 2.53 bits per heavy atom. The average Bonchev–Trinajstić information content (AvgIpc) is 4.07. The van der Waals surface area contributed by atoms with Gasteiger partial charge in [0.2, 0.25) is 21.8 Å². The van der Waals surface area contributed by atoms with Crippen LogP contribution in [0.15, 0.2) is 30.9 Å². The smallest absolute Gasteiger partial charge is 0.408 e. The quantitative estimate of drug-likeness (QED) is 0.322. The van der Waals surface area contributed by atoms with Crippen LogP contribution in [0.4, 0.5) is 4.79 Å². The minimum absolute atomic E-state index is 0.0315. The van der Waals surface area contributed by atoms with Crippen molar-refractivity contribution in [2.45, 2.75) is 145 Å². The van der Waals surface area contributed by atoms with Gasteiger partial charge in [-0.25, -0.2) is 18.2 Å². The van der Waals surface area contributed by atoms with Crippen LogP contribution in [-0.4, -0.2) is 89.8 Å². The van der Waals surface area contributed by atoms with Crippen LogP contribution in [0.2, 0.25) is 0 Å². The third-order valence-electron chi connectivity index (χ3n) is 13.8. The molecule has 2 aromatic rings. The van der Waals surface area contributed by atoms with E-state index in [0.717, 1.165) is 54.3 Å². The molecule has 1 aromatic carbocycles. The minimum atomic E-state index is -4.02. The number of rotatable bonds is 7. The van der Waals surface area contributed by atoms with Gasteiger partial charge >= 0.3 is 6.09 Å². The molecule has 3 aliphatic heterocycles. The Morgan fingerprint density at radius 1 is 1.09 bits per heavy atom. The molecule has 3 N–H and O–H groups in total. The number of pyridine rings is 1. The van der Waals surface area contributed by atoms with Gasteiger partial charge in [-0.3, -0.25) is 19.1 Å². The summed E-state index contributed by atoms with van der Waals surface area (Å²) in [5.41, 5.74) is -0.711. The topological polar surface area (TPSA) is 182 Å². The van der Waals surface area contributed by atoms with E-state index >= 15 is 0 Å². The summed E-state index contributed by atoms with van der Waals surface area (Å²) in [6.45, 7) is 11.1. The van der Waals surface area contributed by atoms with Gasteiger partial charge in [-0.05, 0) is 101 Å². The fraction of sp³-hybridized carbons (Fsp3) is 0.651. The largest absolute Gasteiger partial charge is 0.497 e. The minimum Gasteiger partial charge on any atom is -0.497 e. The number of ether oxygens (including phenoxy) is 3. The fourth-order valence-corrected chi connectivity index (χ4v) is 10.8. The van der Waals surface area contributed by atoms with E-state index in [1.54, 1.807) is 20.1 Å². The van der Waals surface area contributed by atoms with Crippen molar-refractivity contribution in [1.29, 1.82) is 0 Å². The summed E-state index contributed by atoms with van der Waals surface area (Å²) in [7, 11) is -2.39. The molecule has 8 rings (SSSR count). The Morgan fingerprint density at radius 2 is 1.86 bits per heavy atom. The average molecular weight is 820 g/mol. The molecule has 3 bridgehead atoms. The number of methoxy groups -OCH3 is 1. The normalized spacial score (nSPS) is 31.8. The molecule has 1 aromatic heterocycles. The monoisotopic (exact) mass is 819 g/mol. The van der Waals surface area contributed by atoms with Gasteiger partial charge in [-0.15, -0.1) is 6.58 Å². The van der Waals surface area contributed by atoms with Gasteiger partial charge in [-0.2, -0.15) is 0 Å². The van der Waals surface area contributed by atoms with E-state index in [-0.39, 0.29) is 31.4 Å². The first-order valence-electron chi connectivity index (χ1n) is 20.9. The van der Waals surface area contributed by atoms with Gasteiger partial charge in [0.05, 0.1) is 29.6 Å². The summed E-state index contributed by atoms with van der Waals surface area (Å²) in [6.07, 6.45) is 8.61. The third kappa shape index (κ3) is 7.19. The zero-order chi connectivity index (χ0) is 41.4. The van der Waals surface area contributed by atoms with E-state index < -0.39 is 73.1 Å². The Labute approximate surface area is 340 Å². The van der Waals surface area contributed by atoms with Gasteiger partial charge in [0.25, 0.3) is 5.91 Å². The first kappa shape index (κ1) is 40.4. The van der Waals surface area contributed by atoms with Crippen LogP contribution in [-0.2, 0) is 42.0 Å².